The summed E-state index contributed by atoms with van der Waals surface area (Å²) < 4.78 is 0.547. The molecule has 2 aliphatic rings. The fourth-order valence-corrected chi connectivity index (χ4v) is 4.91. The number of amides is 1. The minimum atomic E-state index is -0.161. The third kappa shape index (κ3) is 5.17. The van der Waals surface area contributed by atoms with E-state index in [1.807, 2.05) is 35.3 Å². The van der Waals surface area contributed by atoms with Gasteiger partial charge in [-0.3, -0.25) is 9.80 Å². The summed E-state index contributed by atoms with van der Waals surface area (Å²) in [5.74, 6) is -0.129. The molecule has 0 radical (unpaired) electrons. The molecule has 0 aliphatic carbocycles. The highest BCUT2D eigenvalue weighted by atomic mass is 35.5. The Kier molecular flexibility index (Phi) is 6.77. The van der Waals surface area contributed by atoms with Crippen LogP contribution in [0.25, 0.3) is 0 Å². The lowest BCUT2D eigenvalue weighted by molar-refractivity contribution is -0.942. The van der Waals surface area contributed by atoms with Gasteiger partial charge >= 0.3 is 5.91 Å². The molecule has 0 saturated carbocycles. The molecule has 1 amide bonds. The van der Waals surface area contributed by atoms with Crippen molar-refractivity contribution in [2.45, 2.75) is 38.1 Å². The molecule has 1 saturated heterocycles. The SMILES string of the molecule is C[N+]1(NC(=O)C2=NN(c3ccc(Cl)cc3Cl)C(c3ccc(Cl)cc3)C2)CCCCCC1. The summed E-state index contributed by atoms with van der Waals surface area (Å²) >= 11 is 18.7. The summed E-state index contributed by atoms with van der Waals surface area (Å²) in [4.78, 5) is 13.2. The maximum absolute atomic E-state index is 13.2. The number of hydrazone groups is 1. The molecular weight excluding hydrogens is 455 g/mol. The van der Waals surface area contributed by atoms with E-state index in [9.17, 15) is 4.79 Å². The van der Waals surface area contributed by atoms with Crippen LogP contribution in [-0.4, -0.2) is 36.3 Å². The molecule has 8 heteroatoms. The summed E-state index contributed by atoms with van der Waals surface area (Å²) in [5, 5.41) is 8.24. The van der Waals surface area contributed by atoms with E-state index < -0.39 is 0 Å². The molecule has 2 heterocycles. The molecule has 2 aromatic carbocycles. The Morgan fingerprint density at radius 2 is 1.65 bits per heavy atom. The number of likely N-dealkylation sites (tertiary alicyclic amines) is 1. The van der Waals surface area contributed by atoms with Crippen LogP contribution >= 0.6 is 34.8 Å². The van der Waals surface area contributed by atoms with E-state index in [0.29, 0.717) is 37.5 Å². The molecule has 5 nitrogen and oxygen atoms in total. The molecule has 0 bridgehead atoms. The predicted octanol–water partition coefficient (Wildman–Crippen LogP) is 6.01. The molecule has 1 N–H and O–H groups in total. The van der Waals surface area contributed by atoms with Crippen molar-refractivity contribution >= 4 is 52.1 Å². The maximum atomic E-state index is 13.2. The number of hydrogen-bond acceptors (Lipinski definition) is 3. The van der Waals surface area contributed by atoms with E-state index >= 15 is 0 Å². The number of carbonyl (C=O) groups is 1. The summed E-state index contributed by atoms with van der Waals surface area (Å²) in [6.07, 6.45) is 5.14. The number of rotatable bonds is 4. The number of halogens is 3. The van der Waals surface area contributed by atoms with Gasteiger partial charge < -0.3 is 0 Å². The molecule has 2 aromatic rings. The smallest absolute Gasteiger partial charge is 0.263 e. The number of benzene rings is 2. The van der Waals surface area contributed by atoms with Crippen LogP contribution in [0.15, 0.2) is 47.6 Å². The minimum Gasteiger partial charge on any atom is -0.263 e. The molecule has 4 rings (SSSR count). The Hall–Kier alpha value is -1.79. The topological polar surface area (TPSA) is 44.7 Å². The largest absolute Gasteiger partial charge is 0.312 e. The number of hydrogen-bond donors (Lipinski definition) is 1. The maximum Gasteiger partial charge on any atom is 0.312 e. The first-order valence-corrected chi connectivity index (χ1v) is 11.7. The van der Waals surface area contributed by atoms with Crippen LogP contribution in [0.1, 0.15) is 43.7 Å². The van der Waals surface area contributed by atoms with Gasteiger partial charge in [0.15, 0.2) is 0 Å². The van der Waals surface area contributed by atoms with E-state index in [1.165, 1.54) is 12.8 Å². The number of nitrogens with one attached hydrogen (secondary N) is 1. The van der Waals surface area contributed by atoms with Gasteiger partial charge in [-0.2, -0.15) is 10.5 Å². The van der Waals surface area contributed by atoms with Crippen molar-refractivity contribution in [2.75, 3.05) is 25.1 Å². The molecular formula is C23H26Cl3N4O+. The fourth-order valence-electron chi connectivity index (χ4n) is 4.29. The van der Waals surface area contributed by atoms with E-state index in [1.54, 1.807) is 12.1 Å². The lowest BCUT2D eigenvalue weighted by Crippen LogP contribution is -2.59. The van der Waals surface area contributed by atoms with Crippen molar-refractivity contribution in [3.05, 3.63) is 63.1 Å². The highest BCUT2D eigenvalue weighted by Gasteiger charge is 2.36. The minimum absolute atomic E-state index is 0.129. The number of nitrogens with zero attached hydrogens (tertiary/aromatic N) is 3. The standard InChI is InChI=1S/C23H25Cl3N4O/c1-30(12-4-2-3-5-13-30)28-23(31)20-15-22(16-6-8-17(24)9-7-16)29(27-20)21-11-10-18(25)14-19(21)26/h6-11,14,22H,2-5,12-13,15H2,1H3/p+1. The zero-order valence-electron chi connectivity index (χ0n) is 17.5. The third-order valence-electron chi connectivity index (χ3n) is 6.01. The third-order valence-corrected chi connectivity index (χ3v) is 6.80. The van der Waals surface area contributed by atoms with Gasteiger partial charge in [0, 0.05) is 16.5 Å². The average Bonchev–Trinajstić information content (AvgIpc) is 3.05. The fraction of sp³-hybridized carbons (Fsp3) is 0.391. The number of quaternary nitrogens is 1. The molecule has 31 heavy (non-hydrogen) atoms. The van der Waals surface area contributed by atoms with Crippen molar-refractivity contribution in [3.63, 3.8) is 0 Å². The molecule has 164 valence electrons. The molecule has 2 aliphatic heterocycles. The predicted molar refractivity (Wildman–Crippen MR) is 128 cm³/mol. The van der Waals surface area contributed by atoms with E-state index in [2.05, 4.69) is 12.5 Å². The van der Waals surface area contributed by atoms with Gasteiger partial charge in [0.25, 0.3) is 0 Å². The summed E-state index contributed by atoms with van der Waals surface area (Å²) in [6.45, 7) is 1.87. The van der Waals surface area contributed by atoms with Gasteiger partial charge in [0.1, 0.15) is 18.8 Å². The van der Waals surface area contributed by atoms with Crippen LogP contribution in [0, 0.1) is 0 Å². The van der Waals surface area contributed by atoms with Crippen molar-refractivity contribution in [1.82, 2.24) is 5.43 Å². The first-order valence-electron chi connectivity index (χ1n) is 10.6. The molecule has 1 unspecified atom stereocenters. The van der Waals surface area contributed by atoms with Gasteiger partial charge in [0.05, 0.1) is 23.8 Å². The highest BCUT2D eigenvalue weighted by molar-refractivity contribution is 6.40. The summed E-state index contributed by atoms with van der Waals surface area (Å²) in [5.41, 5.74) is 5.44. The van der Waals surface area contributed by atoms with Gasteiger partial charge in [0.2, 0.25) is 0 Å². The molecule has 1 atom stereocenters. The zero-order valence-corrected chi connectivity index (χ0v) is 19.7. The van der Waals surface area contributed by atoms with Crippen molar-refractivity contribution < 1.29 is 9.39 Å². The Balaban J connectivity index is 1.63. The van der Waals surface area contributed by atoms with Gasteiger partial charge in [-0.05, 0) is 61.6 Å². The lowest BCUT2D eigenvalue weighted by atomic mass is 10.0. The van der Waals surface area contributed by atoms with Crippen molar-refractivity contribution in [2.24, 2.45) is 5.10 Å². The lowest BCUT2D eigenvalue weighted by Gasteiger charge is -2.32. The second kappa shape index (κ2) is 9.37. The highest BCUT2D eigenvalue weighted by Crippen LogP contribution is 2.40. The Morgan fingerprint density at radius 1 is 1.00 bits per heavy atom. The van der Waals surface area contributed by atoms with E-state index in [4.69, 9.17) is 39.9 Å². The zero-order chi connectivity index (χ0) is 22.0. The second-order valence-corrected chi connectivity index (χ2v) is 9.74. The number of anilines is 1. The second-order valence-electron chi connectivity index (χ2n) is 8.46. The summed E-state index contributed by atoms with van der Waals surface area (Å²) in [6, 6.07) is 12.8. The Bertz CT molecular complexity index is 985. The first kappa shape index (κ1) is 22.4. The summed E-state index contributed by atoms with van der Waals surface area (Å²) in [7, 11) is 2.09. The molecule has 1 fully saturated rings. The Morgan fingerprint density at radius 3 is 2.29 bits per heavy atom. The van der Waals surface area contributed by atoms with Crippen LogP contribution in [0.4, 0.5) is 5.69 Å². The Labute approximate surface area is 198 Å². The quantitative estimate of drug-likeness (QED) is 0.545. The average molecular weight is 481 g/mol. The van der Waals surface area contributed by atoms with Gasteiger partial charge in [-0.1, -0.05) is 46.9 Å². The van der Waals surface area contributed by atoms with Crippen molar-refractivity contribution in [1.29, 1.82) is 0 Å². The van der Waals surface area contributed by atoms with Crippen LogP contribution < -0.4 is 10.4 Å². The van der Waals surface area contributed by atoms with Gasteiger partial charge in [-0.25, -0.2) is 4.59 Å². The number of carbonyl (C=O) groups excluding carboxylic acids is 1. The van der Waals surface area contributed by atoms with Crippen LogP contribution in [0.2, 0.25) is 15.1 Å². The van der Waals surface area contributed by atoms with Crippen molar-refractivity contribution in [3.8, 4) is 0 Å². The van der Waals surface area contributed by atoms with E-state index in [-0.39, 0.29) is 11.9 Å². The monoisotopic (exact) mass is 479 g/mol. The van der Waals surface area contributed by atoms with Crippen LogP contribution in [0.3, 0.4) is 0 Å². The van der Waals surface area contributed by atoms with E-state index in [0.717, 1.165) is 31.5 Å². The van der Waals surface area contributed by atoms with Crippen LogP contribution in [-0.2, 0) is 4.79 Å². The first-order chi connectivity index (χ1) is 14.8. The van der Waals surface area contributed by atoms with Gasteiger partial charge in [-0.15, -0.1) is 0 Å². The van der Waals surface area contributed by atoms with Crippen LogP contribution in [0.5, 0.6) is 0 Å². The molecule has 0 spiro atoms. The normalized spacial score (nSPS) is 20.8. The molecule has 0 aromatic heterocycles.